The van der Waals surface area contributed by atoms with Crippen molar-refractivity contribution in [2.24, 2.45) is 0 Å². The van der Waals surface area contributed by atoms with Crippen LogP contribution in [0.5, 0.6) is 0 Å². The first kappa shape index (κ1) is 19.9. The average Bonchev–Trinajstić information content (AvgIpc) is 3.37. The molecule has 1 aromatic carbocycles. The van der Waals surface area contributed by atoms with Crippen LogP contribution in [-0.2, 0) is 17.7 Å². The van der Waals surface area contributed by atoms with Gasteiger partial charge in [-0.25, -0.2) is 14.4 Å². The monoisotopic (exact) mass is 568 g/mol. The lowest BCUT2D eigenvalue weighted by Crippen LogP contribution is -2.36. The normalized spacial score (nSPS) is 17.0. The molecule has 4 aromatic rings. The van der Waals surface area contributed by atoms with E-state index in [1.807, 2.05) is 12.3 Å². The van der Waals surface area contributed by atoms with E-state index in [1.165, 1.54) is 17.3 Å². The first-order valence-corrected chi connectivity index (χ1v) is 14.2. The van der Waals surface area contributed by atoms with Crippen LogP contribution in [0.15, 0.2) is 24.4 Å². The number of ether oxygens (including phenoxy) is 1. The molecular weight excluding hydrogens is 550 g/mol. The maximum Gasteiger partial charge on any atom is 0.227 e. The number of nitrogens with zero attached hydrogens (tertiary/aromatic N) is 6. The Morgan fingerprint density at radius 3 is 2.84 bits per heavy atom. The number of thiazole rings is 1. The second-order valence-electron chi connectivity index (χ2n) is 7.58. The molecule has 0 amide bonds. The van der Waals surface area contributed by atoms with Gasteiger partial charge in [-0.15, -0.1) is 0 Å². The quantitative estimate of drug-likeness (QED) is 0.339. The molecule has 7 nitrogen and oxygen atoms in total. The van der Waals surface area contributed by atoms with Crippen molar-refractivity contribution in [1.29, 1.82) is 0 Å². The van der Waals surface area contributed by atoms with Gasteiger partial charge in [0.2, 0.25) is 5.95 Å². The van der Waals surface area contributed by atoms with Gasteiger partial charge in [0.1, 0.15) is 11.3 Å². The van der Waals surface area contributed by atoms with Crippen LogP contribution in [0.1, 0.15) is 11.3 Å². The molecule has 0 spiro atoms. The largest absolute Gasteiger partial charge is 0.378 e. The van der Waals surface area contributed by atoms with Crippen molar-refractivity contribution in [2.75, 3.05) is 42.6 Å². The standard InChI is InChI=1S/C20H18FIN6OS2/c21-12-1-2-13-14-11-27(4-3-16(14)28(31-22)17(13)9-12)19-23-10-15-18(25-19)30-20(24-15)26-5-7-29-8-6-26/h1-2,9-10H,3-8,11H2. The number of hydrogen-bond acceptors (Lipinski definition) is 8. The van der Waals surface area contributed by atoms with Crippen molar-refractivity contribution in [2.45, 2.75) is 13.0 Å². The second-order valence-corrected chi connectivity index (χ2v) is 10.2. The molecule has 0 unspecified atom stereocenters. The third-order valence-electron chi connectivity index (χ3n) is 5.83. The van der Waals surface area contributed by atoms with E-state index >= 15 is 0 Å². The number of aromatic nitrogens is 4. The summed E-state index contributed by atoms with van der Waals surface area (Å²) < 4.78 is 21.5. The van der Waals surface area contributed by atoms with E-state index in [4.69, 9.17) is 14.7 Å². The number of rotatable bonds is 3. The molecule has 3 aromatic heterocycles. The van der Waals surface area contributed by atoms with Gasteiger partial charge in [0.15, 0.2) is 9.96 Å². The third-order valence-corrected chi connectivity index (χ3v) is 8.59. The van der Waals surface area contributed by atoms with Crippen molar-refractivity contribution in [1.82, 2.24) is 18.9 Å². The van der Waals surface area contributed by atoms with E-state index in [0.717, 1.165) is 71.6 Å². The van der Waals surface area contributed by atoms with Crippen molar-refractivity contribution < 1.29 is 9.13 Å². The second kappa shape index (κ2) is 8.01. The summed E-state index contributed by atoms with van der Waals surface area (Å²) in [7, 11) is 1.59. The van der Waals surface area contributed by atoms with Gasteiger partial charge in [0.05, 0.1) is 24.9 Å². The first-order valence-electron chi connectivity index (χ1n) is 10.0. The average molecular weight is 568 g/mol. The zero-order valence-electron chi connectivity index (χ0n) is 16.4. The van der Waals surface area contributed by atoms with Gasteiger partial charge in [-0.2, -0.15) is 4.98 Å². The first-order chi connectivity index (χ1) is 15.2. The van der Waals surface area contributed by atoms with Crippen LogP contribution in [0.3, 0.4) is 0 Å². The van der Waals surface area contributed by atoms with Crippen LogP contribution < -0.4 is 9.80 Å². The summed E-state index contributed by atoms with van der Waals surface area (Å²) in [5, 5.41) is 2.08. The number of fused-ring (bicyclic) bond motifs is 4. The van der Waals surface area contributed by atoms with Crippen LogP contribution in [0.2, 0.25) is 0 Å². The lowest BCUT2D eigenvalue weighted by atomic mass is 10.0. The molecule has 6 rings (SSSR count). The molecule has 2 aliphatic heterocycles. The highest BCUT2D eigenvalue weighted by molar-refractivity contribution is 14.2. The molecule has 2 aliphatic rings. The van der Waals surface area contributed by atoms with Crippen molar-refractivity contribution in [3.05, 3.63) is 41.5 Å². The summed E-state index contributed by atoms with van der Waals surface area (Å²) in [6.07, 6.45) is 2.69. The Morgan fingerprint density at radius 2 is 2.00 bits per heavy atom. The van der Waals surface area contributed by atoms with Crippen LogP contribution in [-0.4, -0.2) is 51.8 Å². The van der Waals surface area contributed by atoms with Gasteiger partial charge in [-0.1, -0.05) is 11.3 Å². The summed E-state index contributed by atoms with van der Waals surface area (Å²) in [6.45, 7) is 4.71. The molecule has 1 fully saturated rings. The van der Waals surface area contributed by atoms with Gasteiger partial charge in [0.25, 0.3) is 0 Å². The highest BCUT2D eigenvalue weighted by Crippen LogP contribution is 2.37. The SMILES string of the molecule is Fc1ccc2c3c(n(SI)c2c1)CCN(c1ncc2nc(N4CCOCC4)sc2n1)C3. The van der Waals surface area contributed by atoms with E-state index < -0.39 is 0 Å². The smallest absolute Gasteiger partial charge is 0.227 e. The number of hydrogen-bond donors (Lipinski definition) is 0. The van der Waals surface area contributed by atoms with Gasteiger partial charge in [-0.05, 0) is 18.2 Å². The van der Waals surface area contributed by atoms with Crippen LogP contribution in [0.4, 0.5) is 15.5 Å². The van der Waals surface area contributed by atoms with Gasteiger partial charge >= 0.3 is 0 Å². The third kappa shape index (κ3) is 3.45. The van der Waals surface area contributed by atoms with E-state index in [2.05, 4.69) is 40.0 Å². The molecule has 31 heavy (non-hydrogen) atoms. The molecule has 1 saturated heterocycles. The van der Waals surface area contributed by atoms with Gasteiger partial charge < -0.3 is 14.5 Å². The van der Waals surface area contributed by atoms with Gasteiger partial charge in [0, 0.05) is 79.6 Å². The van der Waals surface area contributed by atoms with Crippen LogP contribution in [0.25, 0.3) is 21.3 Å². The zero-order valence-corrected chi connectivity index (χ0v) is 20.2. The fraction of sp³-hybridized carbons (Fsp3) is 0.350. The molecule has 11 heteroatoms. The lowest BCUT2D eigenvalue weighted by molar-refractivity contribution is 0.122. The Bertz CT molecular complexity index is 1290. The summed E-state index contributed by atoms with van der Waals surface area (Å²) in [5.74, 6) is 0.515. The minimum atomic E-state index is -0.207. The maximum atomic E-state index is 13.9. The fourth-order valence-corrected chi connectivity index (χ4v) is 7.12. The Kier molecular flexibility index (Phi) is 5.16. The molecule has 5 heterocycles. The van der Waals surface area contributed by atoms with E-state index in [9.17, 15) is 4.39 Å². The van der Waals surface area contributed by atoms with E-state index in [-0.39, 0.29) is 5.82 Å². The summed E-state index contributed by atoms with van der Waals surface area (Å²) in [6, 6.07) is 5.05. The topological polar surface area (TPSA) is 59.3 Å². The highest BCUT2D eigenvalue weighted by atomic mass is 127. The molecule has 0 N–H and O–H groups in total. The number of morpholine rings is 1. The maximum absolute atomic E-state index is 13.9. The highest BCUT2D eigenvalue weighted by Gasteiger charge is 2.26. The summed E-state index contributed by atoms with van der Waals surface area (Å²) >= 11 is 3.88. The van der Waals surface area contributed by atoms with Crippen molar-refractivity contribution in [3.63, 3.8) is 0 Å². The molecule has 0 saturated carbocycles. The molecule has 0 bridgehead atoms. The Morgan fingerprint density at radius 1 is 1.13 bits per heavy atom. The fourth-order valence-electron chi connectivity index (χ4n) is 4.30. The summed E-state index contributed by atoms with van der Waals surface area (Å²) in [5.41, 5.74) is 4.25. The molecule has 0 radical (unpaired) electrons. The molecule has 160 valence electrons. The van der Waals surface area contributed by atoms with Crippen molar-refractivity contribution >= 4 is 74.0 Å². The Labute approximate surface area is 198 Å². The predicted octanol–water partition coefficient (Wildman–Crippen LogP) is 4.43. The van der Waals surface area contributed by atoms with Crippen molar-refractivity contribution in [3.8, 4) is 0 Å². The molecule has 0 atom stereocenters. The lowest BCUT2D eigenvalue weighted by Gasteiger charge is -2.27. The van der Waals surface area contributed by atoms with Crippen LogP contribution >= 0.6 is 41.7 Å². The minimum Gasteiger partial charge on any atom is -0.378 e. The van der Waals surface area contributed by atoms with E-state index in [1.54, 1.807) is 26.5 Å². The number of benzene rings is 1. The zero-order chi connectivity index (χ0) is 20.9. The Hall–Kier alpha value is -1.70. The minimum absolute atomic E-state index is 0.207. The van der Waals surface area contributed by atoms with Gasteiger partial charge in [-0.3, -0.25) is 3.97 Å². The number of halogens is 2. The number of anilines is 2. The Balaban J connectivity index is 1.34. The molecule has 0 aliphatic carbocycles. The van der Waals surface area contributed by atoms with Crippen LogP contribution in [0, 0.1) is 5.82 Å². The summed E-state index contributed by atoms with van der Waals surface area (Å²) in [4.78, 5) is 19.6. The predicted molar refractivity (Wildman–Crippen MR) is 132 cm³/mol. The molecular formula is C20H18FIN6OS2. The van der Waals surface area contributed by atoms with E-state index in [0.29, 0.717) is 6.54 Å².